The van der Waals surface area contributed by atoms with Crippen molar-refractivity contribution in [1.82, 2.24) is 5.01 Å². The van der Waals surface area contributed by atoms with E-state index in [2.05, 4.69) is 5.10 Å². The summed E-state index contributed by atoms with van der Waals surface area (Å²) >= 11 is 12.0. The Labute approximate surface area is 205 Å². The lowest BCUT2D eigenvalue weighted by atomic mass is 9.83. The van der Waals surface area contributed by atoms with E-state index >= 15 is 0 Å². The first kappa shape index (κ1) is 21.1. The fourth-order valence-corrected chi connectivity index (χ4v) is 5.55. The average molecular weight is 490 g/mol. The smallest absolute Gasteiger partial charge is 0.240 e. The third-order valence-electron chi connectivity index (χ3n) is 6.78. The molecule has 34 heavy (non-hydrogen) atoms. The van der Waals surface area contributed by atoms with Crippen LogP contribution in [-0.4, -0.2) is 34.9 Å². The van der Waals surface area contributed by atoms with Crippen LogP contribution in [0.25, 0.3) is 0 Å². The Morgan fingerprint density at radius 2 is 1.41 bits per heavy atom. The molecule has 3 aliphatic heterocycles. The highest BCUT2D eigenvalue weighted by Gasteiger charge is 2.65. The van der Waals surface area contributed by atoms with Crippen molar-refractivity contribution in [3.63, 3.8) is 0 Å². The van der Waals surface area contributed by atoms with Crippen molar-refractivity contribution in [2.75, 3.05) is 4.90 Å². The van der Waals surface area contributed by atoms with Crippen molar-refractivity contribution in [2.24, 2.45) is 16.9 Å². The zero-order valence-electron chi connectivity index (χ0n) is 17.6. The number of hydrogen-bond acceptors (Lipinski definition) is 5. The number of ketones is 1. The molecule has 0 unspecified atom stereocenters. The third-order valence-corrected chi connectivity index (χ3v) is 7.28. The van der Waals surface area contributed by atoms with Crippen molar-refractivity contribution in [3.05, 3.63) is 99.5 Å². The van der Waals surface area contributed by atoms with E-state index in [0.29, 0.717) is 21.3 Å². The Bertz CT molecular complexity index is 1370. The first-order valence-corrected chi connectivity index (χ1v) is 11.6. The molecule has 2 amide bonds. The number of hydrazone groups is 1. The SMILES string of the molecule is O=C(c1ccc(Cl)cc1)[C@H]1[C@@H]2C(=O)N(c3ccc(Cl)cc3)C(=O)[C@@H]2[C@@H]2c3ccccc3C=NN12. The number of amides is 2. The van der Waals surface area contributed by atoms with E-state index in [4.69, 9.17) is 23.2 Å². The molecule has 8 heteroatoms. The molecular formula is C26H17Cl2N3O3. The Morgan fingerprint density at radius 3 is 2.12 bits per heavy atom. The minimum atomic E-state index is -0.922. The van der Waals surface area contributed by atoms with Gasteiger partial charge in [-0.25, -0.2) is 4.90 Å². The number of carbonyl (C=O) groups is 3. The van der Waals surface area contributed by atoms with Gasteiger partial charge in [0.15, 0.2) is 5.78 Å². The number of Topliss-reactive ketones (excluding diaryl/α,β-unsaturated/α-hetero) is 1. The second kappa shape index (κ2) is 7.79. The van der Waals surface area contributed by atoms with E-state index in [1.807, 2.05) is 24.3 Å². The summed E-state index contributed by atoms with van der Waals surface area (Å²) in [6.07, 6.45) is 1.68. The van der Waals surface area contributed by atoms with Crippen molar-refractivity contribution in [1.29, 1.82) is 0 Å². The molecule has 168 valence electrons. The van der Waals surface area contributed by atoms with E-state index in [9.17, 15) is 14.4 Å². The van der Waals surface area contributed by atoms with Gasteiger partial charge in [0.25, 0.3) is 0 Å². The molecule has 3 heterocycles. The third kappa shape index (κ3) is 3.02. The molecule has 0 aliphatic carbocycles. The van der Waals surface area contributed by atoms with Gasteiger partial charge in [-0.3, -0.25) is 19.4 Å². The molecule has 6 rings (SSSR count). The van der Waals surface area contributed by atoms with Gasteiger partial charge in [0.1, 0.15) is 6.04 Å². The van der Waals surface area contributed by atoms with Crippen molar-refractivity contribution in [3.8, 4) is 0 Å². The standard InChI is InChI=1S/C26H17Cl2N3O3/c27-16-7-5-14(6-8-16)24(32)23-21-20(22-19-4-2-1-3-15(19)13-29-31(22)23)25(33)30(26(21)34)18-11-9-17(28)10-12-18/h1-13,20-23H/t20-,21+,22-,23+/m0/s1. The minimum Gasteiger partial charge on any atom is -0.292 e. The van der Waals surface area contributed by atoms with E-state index in [-0.39, 0.29) is 11.7 Å². The van der Waals surface area contributed by atoms with Crippen molar-refractivity contribution < 1.29 is 14.4 Å². The van der Waals surface area contributed by atoms with Crippen LogP contribution >= 0.6 is 23.2 Å². The molecule has 3 aliphatic rings. The summed E-state index contributed by atoms with van der Waals surface area (Å²) in [5.41, 5.74) is 2.59. The minimum absolute atomic E-state index is 0.273. The molecule has 0 radical (unpaired) electrons. The molecular weight excluding hydrogens is 473 g/mol. The molecule has 3 aromatic carbocycles. The van der Waals surface area contributed by atoms with Gasteiger partial charge in [0.05, 0.1) is 29.8 Å². The number of rotatable bonds is 3. The Hall–Kier alpha value is -3.48. The molecule has 2 saturated heterocycles. The van der Waals surface area contributed by atoms with Crippen LogP contribution in [0.15, 0.2) is 77.9 Å². The number of halogens is 2. The fraction of sp³-hybridized carbons (Fsp3) is 0.154. The van der Waals surface area contributed by atoms with E-state index in [0.717, 1.165) is 11.1 Å². The van der Waals surface area contributed by atoms with Gasteiger partial charge in [-0.15, -0.1) is 0 Å². The zero-order chi connectivity index (χ0) is 23.6. The lowest BCUT2D eigenvalue weighted by Gasteiger charge is -2.33. The van der Waals surface area contributed by atoms with Crippen LogP contribution < -0.4 is 4.90 Å². The zero-order valence-corrected chi connectivity index (χ0v) is 19.1. The van der Waals surface area contributed by atoms with Gasteiger partial charge >= 0.3 is 0 Å². The lowest BCUT2D eigenvalue weighted by molar-refractivity contribution is -0.124. The van der Waals surface area contributed by atoms with E-state index < -0.39 is 29.8 Å². The van der Waals surface area contributed by atoms with Crippen molar-refractivity contribution >= 4 is 52.7 Å². The number of hydrogen-bond donors (Lipinski definition) is 0. The first-order chi connectivity index (χ1) is 16.5. The summed E-state index contributed by atoms with van der Waals surface area (Å²) in [6.45, 7) is 0. The molecule has 0 bridgehead atoms. The maximum Gasteiger partial charge on any atom is 0.240 e. The van der Waals surface area contributed by atoms with E-state index in [1.165, 1.54) is 4.90 Å². The number of anilines is 1. The molecule has 0 N–H and O–H groups in total. The summed E-state index contributed by atoms with van der Waals surface area (Å²) in [5.74, 6) is -2.65. The lowest BCUT2D eigenvalue weighted by Crippen LogP contribution is -2.44. The van der Waals surface area contributed by atoms with Crippen molar-refractivity contribution in [2.45, 2.75) is 12.1 Å². The van der Waals surface area contributed by atoms with Gasteiger partial charge in [-0.1, -0.05) is 47.5 Å². The highest BCUT2D eigenvalue weighted by Crippen LogP contribution is 2.53. The highest BCUT2D eigenvalue weighted by atomic mass is 35.5. The topological polar surface area (TPSA) is 70.0 Å². The van der Waals surface area contributed by atoms with Crippen LogP contribution in [0.2, 0.25) is 10.0 Å². The van der Waals surface area contributed by atoms with Gasteiger partial charge in [-0.2, -0.15) is 5.10 Å². The molecule has 6 nitrogen and oxygen atoms in total. The number of nitrogens with zero attached hydrogens (tertiary/aromatic N) is 3. The van der Waals surface area contributed by atoms with Crippen LogP contribution in [0, 0.1) is 11.8 Å². The maximum absolute atomic E-state index is 13.8. The molecule has 0 spiro atoms. The number of carbonyl (C=O) groups excluding carboxylic acids is 3. The monoisotopic (exact) mass is 489 g/mol. The predicted molar refractivity (Wildman–Crippen MR) is 129 cm³/mol. The van der Waals surface area contributed by atoms with Gasteiger partial charge < -0.3 is 0 Å². The Morgan fingerprint density at radius 1 is 0.794 bits per heavy atom. The van der Waals surface area contributed by atoms with Crippen LogP contribution in [0.5, 0.6) is 0 Å². The predicted octanol–water partition coefficient (Wildman–Crippen LogP) is 4.75. The molecule has 0 aromatic heterocycles. The first-order valence-electron chi connectivity index (χ1n) is 10.8. The summed E-state index contributed by atoms with van der Waals surface area (Å²) in [4.78, 5) is 42.5. The molecule has 3 aromatic rings. The normalized spacial score (nSPS) is 24.8. The fourth-order valence-electron chi connectivity index (χ4n) is 5.30. The summed E-state index contributed by atoms with van der Waals surface area (Å²) in [6, 6.07) is 19.2. The molecule has 0 saturated carbocycles. The van der Waals surface area contributed by atoms with Gasteiger partial charge in [0, 0.05) is 15.6 Å². The van der Waals surface area contributed by atoms with Gasteiger partial charge in [-0.05, 0) is 59.7 Å². The Kier molecular flexibility index (Phi) is 4.83. The summed E-state index contributed by atoms with van der Waals surface area (Å²) in [7, 11) is 0. The molecule has 4 atom stereocenters. The highest BCUT2D eigenvalue weighted by molar-refractivity contribution is 6.31. The van der Waals surface area contributed by atoms with E-state index in [1.54, 1.807) is 59.8 Å². The maximum atomic E-state index is 13.8. The van der Waals surface area contributed by atoms with Crippen LogP contribution in [-0.2, 0) is 9.59 Å². The number of fused-ring (bicyclic) bond motifs is 5. The summed E-state index contributed by atoms with van der Waals surface area (Å²) in [5, 5.41) is 7.21. The van der Waals surface area contributed by atoms with Gasteiger partial charge in [0.2, 0.25) is 11.8 Å². The van der Waals surface area contributed by atoms with Crippen LogP contribution in [0.4, 0.5) is 5.69 Å². The Balaban J connectivity index is 1.49. The quantitative estimate of drug-likeness (QED) is 0.393. The average Bonchev–Trinajstić information content (AvgIpc) is 3.32. The second-order valence-corrected chi connectivity index (χ2v) is 9.43. The van der Waals surface area contributed by atoms with Crippen LogP contribution in [0.3, 0.4) is 0 Å². The summed E-state index contributed by atoms with van der Waals surface area (Å²) < 4.78 is 0. The number of imide groups is 1. The largest absolute Gasteiger partial charge is 0.292 e. The number of benzene rings is 3. The second-order valence-electron chi connectivity index (χ2n) is 8.55. The van der Waals surface area contributed by atoms with Crippen LogP contribution in [0.1, 0.15) is 27.5 Å². The molecule has 2 fully saturated rings.